The van der Waals surface area contributed by atoms with E-state index in [4.69, 9.17) is 0 Å². The Hall–Kier alpha value is -1.52. The van der Waals surface area contributed by atoms with Crippen molar-refractivity contribution in [3.8, 4) is 0 Å². The maximum absolute atomic E-state index is 14.4. The zero-order valence-corrected chi connectivity index (χ0v) is 18.1. The number of sulfonamides is 1. The van der Waals surface area contributed by atoms with Gasteiger partial charge in [-0.15, -0.1) is 0 Å². The van der Waals surface area contributed by atoms with Crippen LogP contribution in [0.4, 0.5) is 4.39 Å². The van der Waals surface area contributed by atoms with Gasteiger partial charge in [-0.25, -0.2) is 21.2 Å². The van der Waals surface area contributed by atoms with Crippen LogP contribution in [-0.2, 0) is 19.9 Å². The highest BCUT2D eigenvalue weighted by atomic mass is 32.2. The molecule has 2 aliphatic heterocycles. The van der Waals surface area contributed by atoms with Crippen LogP contribution >= 0.6 is 0 Å². The van der Waals surface area contributed by atoms with E-state index < -0.39 is 42.5 Å². The summed E-state index contributed by atoms with van der Waals surface area (Å²) in [6.45, 7) is 3.01. The summed E-state index contributed by atoms with van der Waals surface area (Å²) in [5.41, 5.74) is 0.0598. The van der Waals surface area contributed by atoms with E-state index in [9.17, 15) is 26.0 Å². The summed E-state index contributed by atoms with van der Waals surface area (Å²) in [4.78, 5) is 14.2. The van der Waals surface area contributed by atoms with Gasteiger partial charge >= 0.3 is 0 Å². The Bertz CT molecular complexity index is 972. The van der Waals surface area contributed by atoms with Crippen LogP contribution in [0.3, 0.4) is 0 Å². The highest BCUT2D eigenvalue weighted by Crippen LogP contribution is 2.26. The highest BCUT2D eigenvalue weighted by molar-refractivity contribution is 7.91. The minimum atomic E-state index is -4.01. The van der Waals surface area contributed by atoms with Crippen molar-refractivity contribution in [1.29, 1.82) is 0 Å². The van der Waals surface area contributed by atoms with E-state index in [-0.39, 0.29) is 17.1 Å². The Morgan fingerprint density at radius 3 is 2.55 bits per heavy atom. The standard InChI is InChI=1S/C19H27FN2O5S2/c1-2-3-11-22(16-8-12-28(24,25)14-16)19(23)15-6-7-17(20)18(13-15)29(26,27)21-9-4-5-10-21/h6-7,13,16H,2-5,8-12,14H2,1H3. The van der Waals surface area contributed by atoms with Crippen molar-refractivity contribution in [3.05, 3.63) is 29.6 Å². The molecule has 0 spiro atoms. The van der Waals surface area contributed by atoms with Crippen LogP contribution in [0.1, 0.15) is 49.4 Å². The molecular weight excluding hydrogens is 419 g/mol. The monoisotopic (exact) mass is 446 g/mol. The number of carbonyl (C=O) groups is 1. The van der Waals surface area contributed by atoms with Gasteiger partial charge in [0.25, 0.3) is 5.91 Å². The molecule has 0 N–H and O–H groups in total. The molecular formula is C19H27FN2O5S2. The van der Waals surface area contributed by atoms with E-state index in [1.54, 1.807) is 0 Å². The molecule has 1 unspecified atom stereocenters. The first-order valence-electron chi connectivity index (χ1n) is 9.97. The summed E-state index contributed by atoms with van der Waals surface area (Å²) in [6, 6.07) is 2.92. The van der Waals surface area contributed by atoms with E-state index >= 15 is 0 Å². The van der Waals surface area contributed by atoms with Gasteiger partial charge in [-0.2, -0.15) is 4.31 Å². The summed E-state index contributed by atoms with van der Waals surface area (Å²) >= 11 is 0. The average Bonchev–Trinajstić information content (AvgIpc) is 3.32. The molecule has 3 rings (SSSR count). The van der Waals surface area contributed by atoms with Crippen LogP contribution in [0.25, 0.3) is 0 Å². The van der Waals surface area contributed by atoms with Crippen LogP contribution in [-0.4, -0.2) is 69.1 Å². The Balaban J connectivity index is 1.92. The van der Waals surface area contributed by atoms with Crippen molar-refractivity contribution in [2.75, 3.05) is 31.1 Å². The zero-order valence-electron chi connectivity index (χ0n) is 16.5. The zero-order chi connectivity index (χ0) is 21.2. The molecule has 1 aromatic rings. The van der Waals surface area contributed by atoms with E-state index in [1.165, 1.54) is 15.3 Å². The second-order valence-corrected chi connectivity index (χ2v) is 11.8. The number of hydrogen-bond acceptors (Lipinski definition) is 5. The summed E-state index contributed by atoms with van der Waals surface area (Å²) in [6.07, 6.45) is 3.32. The lowest BCUT2D eigenvalue weighted by atomic mass is 10.1. The Morgan fingerprint density at radius 2 is 1.97 bits per heavy atom. The molecule has 0 bridgehead atoms. The van der Waals surface area contributed by atoms with Crippen molar-refractivity contribution in [2.24, 2.45) is 0 Å². The van der Waals surface area contributed by atoms with Crippen LogP contribution in [0.5, 0.6) is 0 Å². The molecule has 2 fully saturated rings. The van der Waals surface area contributed by atoms with Crippen LogP contribution in [0, 0.1) is 5.82 Å². The maximum Gasteiger partial charge on any atom is 0.254 e. The molecule has 10 heteroatoms. The molecule has 0 radical (unpaired) electrons. The number of hydrogen-bond donors (Lipinski definition) is 0. The van der Waals surface area contributed by atoms with E-state index in [0.717, 1.165) is 31.4 Å². The Labute approximate surface area is 171 Å². The number of halogens is 1. The highest BCUT2D eigenvalue weighted by Gasteiger charge is 2.36. The lowest BCUT2D eigenvalue weighted by Crippen LogP contribution is -2.42. The second-order valence-electron chi connectivity index (χ2n) is 7.67. The number of rotatable bonds is 7. The molecule has 2 aliphatic rings. The van der Waals surface area contributed by atoms with Crippen molar-refractivity contribution in [2.45, 2.75) is 50.0 Å². The number of unbranched alkanes of at least 4 members (excludes halogenated alkanes) is 1. The molecule has 1 amide bonds. The fraction of sp³-hybridized carbons (Fsp3) is 0.632. The van der Waals surface area contributed by atoms with Gasteiger partial charge < -0.3 is 4.90 Å². The Kier molecular flexibility index (Phi) is 6.64. The topological polar surface area (TPSA) is 91.8 Å². The summed E-state index contributed by atoms with van der Waals surface area (Å²) in [7, 11) is -7.20. The molecule has 0 saturated carbocycles. The van der Waals surface area contributed by atoms with Crippen molar-refractivity contribution < 1.29 is 26.0 Å². The van der Waals surface area contributed by atoms with Gasteiger partial charge in [-0.3, -0.25) is 4.79 Å². The third-order valence-electron chi connectivity index (χ3n) is 5.52. The first-order chi connectivity index (χ1) is 13.7. The van der Waals surface area contributed by atoms with Crippen molar-refractivity contribution >= 4 is 25.8 Å². The Morgan fingerprint density at radius 1 is 1.28 bits per heavy atom. The van der Waals surface area contributed by atoms with E-state index in [1.807, 2.05) is 6.92 Å². The molecule has 162 valence electrons. The number of amides is 1. The largest absolute Gasteiger partial charge is 0.335 e. The molecule has 1 atom stereocenters. The fourth-order valence-electron chi connectivity index (χ4n) is 3.87. The van der Waals surface area contributed by atoms with Gasteiger partial charge in [0.15, 0.2) is 9.84 Å². The summed E-state index contributed by atoms with van der Waals surface area (Å²) in [5, 5.41) is 0. The molecule has 2 saturated heterocycles. The van der Waals surface area contributed by atoms with Crippen molar-refractivity contribution in [3.63, 3.8) is 0 Å². The fourth-order valence-corrected chi connectivity index (χ4v) is 7.21. The minimum absolute atomic E-state index is 0.0333. The van der Waals surface area contributed by atoms with Crippen LogP contribution < -0.4 is 0 Å². The molecule has 29 heavy (non-hydrogen) atoms. The van der Waals surface area contributed by atoms with E-state index in [0.29, 0.717) is 32.5 Å². The minimum Gasteiger partial charge on any atom is -0.335 e. The predicted molar refractivity (Wildman–Crippen MR) is 107 cm³/mol. The quantitative estimate of drug-likeness (QED) is 0.639. The van der Waals surface area contributed by atoms with Crippen LogP contribution in [0.15, 0.2) is 23.1 Å². The SMILES string of the molecule is CCCCN(C(=O)c1ccc(F)c(S(=O)(=O)N2CCCC2)c1)C1CCS(=O)(=O)C1. The lowest BCUT2D eigenvalue weighted by Gasteiger charge is -2.28. The van der Waals surface area contributed by atoms with Gasteiger partial charge in [-0.05, 0) is 43.9 Å². The summed E-state index contributed by atoms with van der Waals surface area (Å²) < 4.78 is 65.0. The van der Waals surface area contributed by atoms with Crippen LogP contribution in [0.2, 0.25) is 0 Å². The molecule has 1 aromatic carbocycles. The first-order valence-corrected chi connectivity index (χ1v) is 13.2. The third-order valence-corrected chi connectivity index (χ3v) is 9.19. The number of nitrogens with zero attached hydrogens (tertiary/aromatic N) is 2. The number of carbonyl (C=O) groups excluding carboxylic acids is 1. The number of benzene rings is 1. The normalized spacial score (nSPS) is 22.1. The molecule has 0 aromatic heterocycles. The lowest BCUT2D eigenvalue weighted by molar-refractivity contribution is 0.0694. The van der Waals surface area contributed by atoms with Gasteiger partial charge in [0, 0.05) is 31.2 Å². The number of sulfone groups is 1. The van der Waals surface area contributed by atoms with Gasteiger partial charge in [0.2, 0.25) is 10.0 Å². The second kappa shape index (κ2) is 8.69. The molecule has 7 nitrogen and oxygen atoms in total. The molecule has 0 aliphatic carbocycles. The van der Waals surface area contributed by atoms with Gasteiger partial charge in [0.1, 0.15) is 10.7 Å². The van der Waals surface area contributed by atoms with Crippen molar-refractivity contribution in [1.82, 2.24) is 9.21 Å². The van der Waals surface area contributed by atoms with Gasteiger partial charge in [-0.1, -0.05) is 13.3 Å². The smallest absolute Gasteiger partial charge is 0.254 e. The maximum atomic E-state index is 14.4. The average molecular weight is 447 g/mol. The van der Waals surface area contributed by atoms with E-state index in [2.05, 4.69) is 0 Å². The molecule has 2 heterocycles. The first kappa shape index (κ1) is 22.2. The third kappa shape index (κ3) is 4.80. The predicted octanol–water partition coefficient (Wildman–Crippen LogP) is 2.04. The van der Waals surface area contributed by atoms with Gasteiger partial charge in [0.05, 0.1) is 11.5 Å². The summed E-state index contributed by atoms with van der Waals surface area (Å²) in [5.74, 6) is -1.41.